The maximum atomic E-state index is 11.3. The molecule has 0 aliphatic carbocycles. The van der Waals surface area contributed by atoms with Crippen LogP contribution in [-0.4, -0.2) is 11.2 Å². The molecule has 0 aliphatic heterocycles. The van der Waals surface area contributed by atoms with Gasteiger partial charge in [0.25, 0.3) is 5.70 Å². The van der Waals surface area contributed by atoms with Gasteiger partial charge in [0.2, 0.25) is 0 Å². The van der Waals surface area contributed by atoms with E-state index in [4.69, 9.17) is 0 Å². The van der Waals surface area contributed by atoms with Gasteiger partial charge < -0.3 is 0 Å². The molecule has 0 spiro atoms. The van der Waals surface area contributed by atoms with Crippen molar-refractivity contribution in [1.29, 1.82) is 0 Å². The second kappa shape index (κ2) is 6.39. The number of nitrogens with zero attached hydrogens (tertiary/aromatic N) is 1. The van der Waals surface area contributed by atoms with E-state index < -0.39 is 0 Å². The first-order chi connectivity index (χ1) is 9.60. The standard InChI is InChI=1S/C16H15NO2S/c1-12-3-5-13(6-4-12)11-16(17(18)19)14-7-9-15(20-2)10-8-14/h3-11H,1-2H3. The molecule has 0 aromatic heterocycles. The molecule has 0 unspecified atom stereocenters. The third-order valence-electron chi connectivity index (χ3n) is 2.96. The normalized spacial score (nSPS) is 11.4. The van der Waals surface area contributed by atoms with Crippen LogP contribution in [0.25, 0.3) is 11.8 Å². The van der Waals surface area contributed by atoms with E-state index in [0.29, 0.717) is 5.56 Å². The highest BCUT2D eigenvalue weighted by molar-refractivity contribution is 7.98. The topological polar surface area (TPSA) is 43.1 Å². The summed E-state index contributed by atoms with van der Waals surface area (Å²) in [6.07, 6.45) is 3.58. The first-order valence-corrected chi connectivity index (χ1v) is 7.40. The van der Waals surface area contributed by atoms with Crippen molar-refractivity contribution in [2.24, 2.45) is 0 Å². The Morgan fingerprint density at radius 1 is 1.10 bits per heavy atom. The van der Waals surface area contributed by atoms with Crippen molar-refractivity contribution in [3.63, 3.8) is 0 Å². The monoisotopic (exact) mass is 285 g/mol. The van der Waals surface area contributed by atoms with E-state index in [1.165, 1.54) is 0 Å². The van der Waals surface area contributed by atoms with E-state index in [2.05, 4.69) is 0 Å². The average Bonchev–Trinajstić information content (AvgIpc) is 2.46. The number of rotatable bonds is 4. The minimum absolute atomic E-state index is 0.113. The van der Waals surface area contributed by atoms with Crippen LogP contribution in [0.2, 0.25) is 0 Å². The summed E-state index contributed by atoms with van der Waals surface area (Å²) in [5.74, 6) is 0. The molecule has 0 amide bonds. The molecule has 0 saturated carbocycles. The molecule has 2 rings (SSSR count). The van der Waals surface area contributed by atoms with Crippen molar-refractivity contribution in [3.8, 4) is 0 Å². The van der Waals surface area contributed by atoms with Crippen LogP contribution in [0.4, 0.5) is 0 Å². The molecular weight excluding hydrogens is 270 g/mol. The number of nitro groups is 1. The number of thioether (sulfide) groups is 1. The smallest absolute Gasteiger partial charge is 0.258 e. The molecule has 2 aromatic carbocycles. The minimum atomic E-state index is -0.339. The number of benzene rings is 2. The van der Waals surface area contributed by atoms with E-state index in [9.17, 15) is 10.1 Å². The lowest BCUT2D eigenvalue weighted by Gasteiger charge is -2.01. The molecule has 0 saturated heterocycles. The molecule has 0 radical (unpaired) electrons. The molecule has 0 aliphatic rings. The van der Waals surface area contributed by atoms with Gasteiger partial charge in [-0.05, 0) is 43.0 Å². The van der Waals surface area contributed by atoms with Crippen LogP contribution >= 0.6 is 11.8 Å². The van der Waals surface area contributed by atoms with Crippen LogP contribution in [0.5, 0.6) is 0 Å². The second-order valence-electron chi connectivity index (χ2n) is 4.43. The fourth-order valence-corrected chi connectivity index (χ4v) is 2.23. The van der Waals surface area contributed by atoms with Crippen molar-refractivity contribution in [2.75, 3.05) is 6.26 Å². The summed E-state index contributed by atoms with van der Waals surface area (Å²) in [4.78, 5) is 12.0. The summed E-state index contributed by atoms with van der Waals surface area (Å²) >= 11 is 1.61. The highest BCUT2D eigenvalue weighted by Gasteiger charge is 2.13. The Hall–Kier alpha value is -2.07. The Bertz CT molecular complexity index is 631. The van der Waals surface area contributed by atoms with Gasteiger partial charge in [0.1, 0.15) is 0 Å². The molecule has 3 nitrogen and oxygen atoms in total. The first-order valence-electron chi connectivity index (χ1n) is 6.17. The van der Waals surface area contributed by atoms with Crippen LogP contribution < -0.4 is 0 Å². The van der Waals surface area contributed by atoms with Crippen LogP contribution in [-0.2, 0) is 0 Å². The van der Waals surface area contributed by atoms with Crippen LogP contribution in [0, 0.1) is 17.0 Å². The van der Waals surface area contributed by atoms with Gasteiger partial charge in [-0.25, -0.2) is 0 Å². The van der Waals surface area contributed by atoms with Crippen molar-refractivity contribution in [2.45, 2.75) is 11.8 Å². The largest absolute Gasteiger partial charge is 0.277 e. The summed E-state index contributed by atoms with van der Waals surface area (Å²) in [6.45, 7) is 1.99. The number of hydrogen-bond acceptors (Lipinski definition) is 3. The first kappa shape index (κ1) is 14.3. The third kappa shape index (κ3) is 3.48. The zero-order valence-corrected chi connectivity index (χ0v) is 12.2. The number of aryl methyl sites for hydroxylation is 1. The Kier molecular flexibility index (Phi) is 4.58. The van der Waals surface area contributed by atoms with Gasteiger partial charge in [-0.3, -0.25) is 10.1 Å². The summed E-state index contributed by atoms with van der Waals surface area (Å²) in [7, 11) is 0. The van der Waals surface area contributed by atoms with Crippen LogP contribution in [0.3, 0.4) is 0 Å². The maximum absolute atomic E-state index is 11.3. The van der Waals surface area contributed by atoms with E-state index >= 15 is 0 Å². The Balaban J connectivity index is 2.39. The zero-order chi connectivity index (χ0) is 14.5. The molecule has 2 aromatic rings. The molecule has 4 heteroatoms. The molecule has 0 heterocycles. The zero-order valence-electron chi connectivity index (χ0n) is 11.4. The summed E-state index contributed by atoms with van der Waals surface area (Å²) in [6, 6.07) is 15.0. The highest BCUT2D eigenvalue weighted by atomic mass is 32.2. The lowest BCUT2D eigenvalue weighted by molar-refractivity contribution is -0.374. The quantitative estimate of drug-likeness (QED) is 0.360. The molecule has 0 atom stereocenters. The molecule has 20 heavy (non-hydrogen) atoms. The molecule has 0 bridgehead atoms. The lowest BCUT2D eigenvalue weighted by atomic mass is 10.1. The predicted octanol–water partition coefficient (Wildman–Crippen LogP) is 4.49. The summed E-state index contributed by atoms with van der Waals surface area (Å²) in [5.41, 5.74) is 2.69. The average molecular weight is 285 g/mol. The van der Waals surface area contributed by atoms with Gasteiger partial charge in [-0.1, -0.05) is 29.8 Å². The minimum Gasteiger partial charge on any atom is -0.258 e. The van der Waals surface area contributed by atoms with Gasteiger partial charge in [0.05, 0.1) is 10.5 Å². The van der Waals surface area contributed by atoms with Gasteiger partial charge in [-0.2, -0.15) is 0 Å². The molecular formula is C16H15NO2S. The van der Waals surface area contributed by atoms with Crippen molar-refractivity contribution < 1.29 is 4.92 Å². The van der Waals surface area contributed by atoms with Gasteiger partial charge in [0, 0.05) is 11.0 Å². The molecule has 0 fully saturated rings. The fourth-order valence-electron chi connectivity index (χ4n) is 1.82. The van der Waals surface area contributed by atoms with Crippen molar-refractivity contribution in [1.82, 2.24) is 0 Å². The van der Waals surface area contributed by atoms with Gasteiger partial charge in [-0.15, -0.1) is 11.8 Å². The van der Waals surface area contributed by atoms with Crippen molar-refractivity contribution in [3.05, 3.63) is 75.3 Å². The summed E-state index contributed by atoms with van der Waals surface area (Å²) < 4.78 is 0. The molecule has 0 N–H and O–H groups in total. The van der Waals surface area contributed by atoms with Crippen molar-refractivity contribution >= 4 is 23.5 Å². The lowest BCUT2D eigenvalue weighted by Crippen LogP contribution is -1.97. The van der Waals surface area contributed by atoms with Gasteiger partial charge in [0.15, 0.2) is 0 Å². The highest BCUT2D eigenvalue weighted by Crippen LogP contribution is 2.22. The SMILES string of the molecule is CSc1ccc(C(=Cc2ccc(C)cc2)[N+](=O)[O-])cc1. The van der Waals surface area contributed by atoms with Gasteiger partial charge >= 0.3 is 0 Å². The fraction of sp³-hybridized carbons (Fsp3) is 0.125. The van der Waals surface area contributed by atoms with E-state index in [1.54, 1.807) is 30.0 Å². The third-order valence-corrected chi connectivity index (χ3v) is 3.71. The van der Waals surface area contributed by atoms with Crippen LogP contribution in [0.15, 0.2) is 53.4 Å². The predicted molar refractivity (Wildman–Crippen MR) is 84.3 cm³/mol. The second-order valence-corrected chi connectivity index (χ2v) is 5.31. The Morgan fingerprint density at radius 2 is 1.70 bits per heavy atom. The van der Waals surface area contributed by atoms with Crippen LogP contribution in [0.1, 0.15) is 16.7 Å². The maximum Gasteiger partial charge on any atom is 0.277 e. The number of hydrogen-bond donors (Lipinski definition) is 0. The van der Waals surface area contributed by atoms with E-state index in [1.807, 2.05) is 49.6 Å². The Morgan fingerprint density at radius 3 is 2.20 bits per heavy atom. The summed E-state index contributed by atoms with van der Waals surface area (Å²) in [5, 5.41) is 11.3. The van der Waals surface area contributed by atoms with E-state index in [0.717, 1.165) is 16.0 Å². The molecule has 102 valence electrons. The Labute approximate surface area is 122 Å². The van der Waals surface area contributed by atoms with E-state index in [-0.39, 0.29) is 10.6 Å².